The van der Waals surface area contributed by atoms with Gasteiger partial charge in [0.15, 0.2) is 0 Å². The average molecular weight is 295 g/mol. The lowest BCUT2D eigenvalue weighted by molar-refractivity contribution is -0.0397. The summed E-state index contributed by atoms with van der Waals surface area (Å²) in [5.74, 6) is 0. The first-order valence-corrected chi connectivity index (χ1v) is 7.12. The van der Waals surface area contributed by atoms with Crippen molar-refractivity contribution in [2.75, 3.05) is 6.61 Å². The molecule has 1 aromatic carbocycles. The number of aryl methyl sites for hydroxylation is 1. The molecule has 20 heavy (non-hydrogen) atoms. The lowest BCUT2D eigenvalue weighted by Gasteiger charge is -2.24. The topological polar surface area (TPSA) is 47.3 Å². The maximum absolute atomic E-state index is 10.7. The fourth-order valence-electron chi connectivity index (χ4n) is 2.25. The van der Waals surface area contributed by atoms with Gasteiger partial charge in [-0.05, 0) is 19.4 Å². The zero-order valence-electron chi connectivity index (χ0n) is 11.7. The molecular weight excluding hydrogens is 276 g/mol. The van der Waals surface area contributed by atoms with Crippen molar-refractivity contribution in [2.45, 2.75) is 32.6 Å². The molecule has 0 aliphatic rings. The Balaban J connectivity index is 2.36. The Morgan fingerprint density at radius 3 is 2.60 bits per heavy atom. The standard InChI is InChI=1S/C15H19ClN2O2/c1-3-18-13(12(16)10-17-18)14(19)15(20-4-2)11-8-6-5-7-9-11/h5-10,14-15,19H,3-4H2,1-2H3. The molecule has 2 atom stereocenters. The smallest absolute Gasteiger partial charge is 0.127 e. The second kappa shape index (κ2) is 6.88. The van der Waals surface area contributed by atoms with Gasteiger partial charge in [-0.2, -0.15) is 5.10 Å². The molecule has 0 saturated heterocycles. The number of aliphatic hydroxyl groups excluding tert-OH is 1. The molecule has 0 saturated carbocycles. The molecule has 0 fully saturated rings. The van der Waals surface area contributed by atoms with Gasteiger partial charge in [0.05, 0.1) is 16.9 Å². The molecule has 0 spiro atoms. The van der Waals surface area contributed by atoms with Crippen LogP contribution in [0.4, 0.5) is 0 Å². The first-order valence-electron chi connectivity index (χ1n) is 6.74. The van der Waals surface area contributed by atoms with E-state index in [0.717, 1.165) is 5.56 Å². The fourth-order valence-corrected chi connectivity index (χ4v) is 2.51. The number of aromatic nitrogens is 2. The summed E-state index contributed by atoms with van der Waals surface area (Å²) in [4.78, 5) is 0. The molecule has 0 radical (unpaired) electrons. The largest absolute Gasteiger partial charge is 0.384 e. The minimum absolute atomic E-state index is 0.458. The minimum atomic E-state index is -0.854. The summed E-state index contributed by atoms with van der Waals surface area (Å²) in [5.41, 5.74) is 1.51. The summed E-state index contributed by atoms with van der Waals surface area (Å²) in [5, 5.41) is 15.3. The van der Waals surface area contributed by atoms with Crippen molar-refractivity contribution < 1.29 is 9.84 Å². The number of rotatable bonds is 6. The van der Waals surface area contributed by atoms with Gasteiger partial charge < -0.3 is 9.84 Å². The van der Waals surface area contributed by atoms with Gasteiger partial charge in [0.2, 0.25) is 0 Å². The number of hydrogen-bond acceptors (Lipinski definition) is 3. The van der Waals surface area contributed by atoms with Gasteiger partial charge in [0, 0.05) is 13.2 Å². The highest BCUT2D eigenvalue weighted by molar-refractivity contribution is 6.31. The van der Waals surface area contributed by atoms with Crippen LogP contribution in [0.2, 0.25) is 5.02 Å². The number of benzene rings is 1. The highest BCUT2D eigenvalue weighted by Crippen LogP contribution is 2.35. The van der Waals surface area contributed by atoms with Gasteiger partial charge in [-0.15, -0.1) is 0 Å². The molecule has 0 aliphatic carbocycles. The SMILES string of the molecule is CCOC(c1ccccc1)C(O)c1c(Cl)cnn1CC. The third-order valence-corrected chi connectivity index (χ3v) is 3.47. The first kappa shape index (κ1) is 15.0. The van der Waals surface area contributed by atoms with Crippen LogP contribution in [0.5, 0.6) is 0 Å². The van der Waals surface area contributed by atoms with Crippen LogP contribution < -0.4 is 0 Å². The molecule has 0 amide bonds. The highest BCUT2D eigenvalue weighted by atomic mass is 35.5. The van der Waals surface area contributed by atoms with E-state index >= 15 is 0 Å². The predicted octanol–water partition coefficient (Wildman–Crippen LogP) is 3.37. The van der Waals surface area contributed by atoms with E-state index in [9.17, 15) is 5.11 Å². The average Bonchev–Trinajstić information content (AvgIpc) is 2.86. The summed E-state index contributed by atoms with van der Waals surface area (Å²) in [7, 11) is 0. The number of ether oxygens (including phenoxy) is 1. The Hall–Kier alpha value is -1.36. The van der Waals surface area contributed by atoms with Crippen molar-refractivity contribution in [3.05, 3.63) is 52.8 Å². The molecule has 2 unspecified atom stereocenters. The Labute approximate surface area is 123 Å². The molecule has 1 heterocycles. The van der Waals surface area contributed by atoms with Gasteiger partial charge in [-0.3, -0.25) is 4.68 Å². The van der Waals surface area contributed by atoms with Crippen LogP contribution in [-0.4, -0.2) is 21.5 Å². The Kier molecular flexibility index (Phi) is 5.17. The predicted molar refractivity (Wildman–Crippen MR) is 78.7 cm³/mol. The van der Waals surface area contributed by atoms with Crippen molar-refractivity contribution >= 4 is 11.6 Å². The maximum Gasteiger partial charge on any atom is 0.127 e. The zero-order chi connectivity index (χ0) is 14.5. The number of nitrogens with zero attached hydrogens (tertiary/aromatic N) is 2. The monoisotopic (exact) mass is 294 g/mol. The van der Waals surface area contributed by atoms with Gasteiger partial charge >= 0.3 is 0 Å². The van der Waals surface area contributed by atoms with Crippen LogP contribution in [0.15, 0.2) is 36.5 Å². The van der Waals surface area contributed by atoms with Crippen molar-refractivity contribution in [3.63, 3.8) is 0 Å². The summed E-state index contributed by atoms with van der Waals surface area (Å²) in [6.07, 6.45) is 0.241. The van der Waals surface area contributed by atoms with Crippen LogP contribution in [-0.2, 0) is 11.3 Å². The fraction of sp³-hybridized carbons (Fsp3) is 0.400. The van der Waals surface area contributed by atoms with Crippen LogP contribution >= 0.6 is 11.6 Å². The van der Waals surface area contributed by atoms with E-state index in [1.165, 1.54) is 0 Å². The van der Waals surface area contributed by atoms with Crippen LogP contribution in [0.3, 0.4) is 0 Å². The van der Waals surface area contributed by atoms with Gasteiger partial charge in [-0.25, -0.2) is 0 Å². The van der Waals surface area contributed by atoms with Crippen molar-refractivity contribution in [3.8, 4) is 0 Å². The Morgan fingerprint density at radius 1 is 1.30 bits per heavy atom. The van der Waals surface area contributed by atoms with E-state index < -0.39 is 12.2 Å². The summed E-state index contributed by atoms with van der Waals surface area (Å²) in [6, 6.07) is 9.65. The molecule has 2 aromatic rings. The van der Waals surface area contributed by atoms with Gasteiger partial charge in [0.1, 0.15) is 12.2 Å². The first-order chi connectivity index (χ1) is 9.69. The van der Waals surface area contributed by atoms with Gasteiger partial charge in [-0.1, -0.05) is 41.9 Å². The van der Waals surface area contributed by atoms with Crippen LogP contribution in [0, 0.1) is 0 Å². The summed E-state index contributed by atoms with van der Waals surface area (Å²) in [6.45, 7) is 5.01. The minimum Gasteiger partial charge on any atom is -0.384 e. The highest BCUT2D eigenvalue weighted by Gasteiger charge is 2.28. The summed E-state index contributed by atoms with van der Waals surface area (Å²) >= 11 is 6.15. The lowest BCUT2D eigenvalue weighted by Crippen LogP contribution is -2.18. The molecule has 2 rings (SSSR count). The van der Waals surface area contributed by atoms with Crippen molar-refractivity contribution in [1.82, 2.24) is 9.78 Å². The third kappa shape index (κ3) is 3.03. The van der Waals surface area contributed by atoms with Crippen LogP contribution in [0.1, 0.15) is 37.3 Å². The van der Waals surface area contributed by atoms with Crippen LogP contribution in [0.25, 0.3) is 0 Å². The van der Waals surface area contributed by atoms with Crippen molar-refractivity contribution in [2.24, 2.45) is 0 Å². The molecule has 0 aliphatic heterocycles. The molecule has 1 aromatic heterocycles. The van der Waals surface area contributed by atoms with E-state index in [4.69, 9.17) is 16.3 Å². The van der Waals surface area contributed by atoms with E-state index in [2.05, 4.69) is 5.10 Å². The quantitative estimate of drug-likeness (QED) is 0.888. The Morgan fingerprint density at radius 2 is 2.00 bits per heavy atom. The maximum atomic E-state index is 10.7. The van der Waals surface area contributed by atoms with Crippen molar-refractivity contribution in [1.29, 1.82) is 0 Å². The third-order valence-electron chi connectivity index (χ3n) is 3.17. The lowest BCUT2D eigenvalue weighted by atomic mass is 10.0. The van der Waals surface area contributed by atoms with E-state index in [1.54, 1.807) is 10.9 Å². The van der Waals surface area contributed by atoms with Gasteiger partial charge in [0.25, 0.3) is 0 Å². The second-order valence-electron chi connectivity index (χ2n) is 4.42. The molecule has 5 heteroatoms. The van der Waals surface area contributed by atoms with E-state index in [1.807, 2.05) is 44.2 Å². The van der Waals surface area contributed by atoms with E-state index in [0.29, 0.717) is 23.9 Å². The molecular formula is C15H19ClN2O2. The molecule has 0 bridgehead atoms. The molecule has 4 nitrogen and oxygen atoms in total. The number of hydrogen-bond donors (Lipinski definition) is 1. The Bertz CT molecular complexity index is 542. The van der Waals surface area contributed by atoms with E-state index in [-0.39, 0.29) is 0 Å². The molecule has 1 N–H and O–H groups in total. The summed E-state index contributed by atoms with van der Waals surface area (Å²) < 4.78 is 7.41. The second-order valence-corrected chi connectivity index (χ2v) is 4.83. The normalized spacial score (nSPS) is 14.2. The molecule has 108 valence electrons. The number of aliphatic hydroxyl groups is 1. The number of halogens is 1. The zero-order valence-corrected chi connectivity index (χ0v) is 12.4.